The van der Waals surface area contributed by atoms with Gasteiger partial charge in [0.25, 0.3) is 0 Å². The van der Waals surface area contributed by atoms with Crippen molar-refractivity contribution in [2.75, 3.05) is 6.54 Å². The molecule has 2 rings (SSSR count). The standard InChI is InChI=1S/C15H19N/c1-3-16-12(2)10-13-8-9-14-6-4-5-7-15(14)11-13/h4-9,11-12,16H,3,10H2,1-2H3. The van der Waals surface area contributed by atoms with E-state index >= 15 is 0 Å². The second-order valence-electron chi connectivity index (χ2n) is 4.34. The molecular formula is C15H19N. The van der Waals surface area contributed by atoms with Gasteiger partial charge >= 0.3 is 0 Å². The van der Waals surface area contributed by atoms with Gasteiger partial charge in [0.1, 0.15) is 0 Å². The summed E-state index contributed by atoms with van der Waals surface area (Å²) in [6.07, 6.45) is 1.10. The van der Waals surface area contributed by atoms with Crippen molar-refractivity contribution in [3.8, 4) is 0 Å². The molecule has 0 radical (unpaired) electrons. The SMILES string of the molecule is CCNC(C)Cc1ccc2ccccc2c1. The van der Waals surface area contributed by atoms with Crippen LogP contribution in [0, 0.1) is 0 Å². The molecule has 1 atom stereocenters. The molecule has 0 saturated heterocycles. The maximum absolute atomic E-state index is 3.44. The molecule has 0 spiro atoms. The molecule has 0 aliphatic heterocycles. The summed E-state index contributed by atoms with van der Waals surface area (Å²) < 4.78 is 0. The molecule has 0 amide bonds. The minimum atomic E-state index is 0.547. The molecule has 2 aromatic carbocycles. The van der Waals surface area contributed by atoms with Crippen molar-refractivity contribution in [2.24, 2.45) is 0 Å². The number of hydrogen-bond acceptors (Lipinski definition) is 1. The van der Waals surface area contributed by atoms with Crippen molar-refractivity contribution >= 4 is 10.8 Å². The molecular weight excluding hydrogens is 194 g/mol. The molecule has 0 saturated carbocycles. The van der Waals surface area contributed by atoms with Gasteiger partial charge in [-0.15, -0.1) is 0 Å². The third-order valence-electron chi connectivity index (χ3n) is 2.91. The Labute approximate surface area is 97.5 Å². The Morgan fingerprint density at radius 3 is 2.56 bits per heavy atom. The molecule has 0 aromatic heterocycles. The number of hydrogen-bond donors (Lipinski definition) is 1. The summed E-state index contributed by atoms with van der Waals surface area (Å²) in [5, 5.41) is 6.10. The predicted octanol–water partition coefficient (Wildman–Crippen LogP) is 3.38. The summed E-state index contributed by atoms with van der Waals surface area (Å²) in [5.41, 5.74) is 1.41. The fourth-order valence-corrected chi connectivity index (χ4v) is 2.14. The number of benzene rings is 2. The van der Waals surface area contributed by atoms with Crippen LogP contribution < -0.4 is 5.32 Å². The third kappa shape index (κ3) is 2.61. The average Bonchev–Trinajstić information content (AvgIpc) is 2.29. The van der Waals surface area contributed by atoms with Crippen LogP contribution in [0.4, 0.5) is 0 Å². The fraction of sp³-hybridized carbons (Fsp3) is 0.333. The summed E-state index contributed by atoms with van der Waals surface area (Å²) in [6, 6.07) is 15.8. The van der Waals surface area contributed by atoms with Crippen LogP contribution in [0.5, 0.6) is 0 Å². The molecule has 1 heteroatoms. The summed E-state index contributed by atoms with van der Waals surface area (Å²) in [7, 11) is 0. The minimum absolute atomic E-state index is 0.547. The highest BCUT2D eigenvalue weighted by Crippen LogP contribution is 2.16. The molecule has 1 nitrogen and oxygen atoms in total. The van der Waals surface area contributed by atoms with E-state index < -0.39 is 0 Å². The highest BCUT2D eigenvalue weighted by Gasteiger charge is 2.02. The summed E-state index contributed by atoms with van der Waals surface area (Å²) >= 11 is 0. The van der Waals surface area contributed by atoms with Crippen LogP contribution in [0.25, 0.3) is 10.8 Å². The van der Waals surface area contributed by atoms with E-state index in [1.54, 1.807) is 0 Å². The Balaban J connectivity index is 2.19. The summed E-state index contributed by atoms with van der Waals surface area (Å²) in [4.78, 5) is 0. The smallest absolute Gasteiger partial charge is 0.00790 e. The first-order chi connectivity index (χ1) is 7.79. The van der Waals surface area contributed by atoms with Gasteiger partial charge in [-0.2, -0.15) is 0 Å². The molecule has 1 N–H and O–H groups in total. The number of rotatable bonds is 4. The van der Waals surface area contributed by atoms with Crippen LogP contribution in [-0.2, 0) is 6.42 Å². The minimum Gasteiger partial charge on any atom is -0.314 e. The van der Waals surface area contributed by atoms with Crippen LogP contribution >= 0.6 is 0 Å². The van der Waals surface area contributed by atoms with Gasteiger partial charge in [0, 0.05) is 6.04 Å². The molecule has 0 fully saturated rings. The lowest BCUT2D eigenvalue weighted by Gasteiger charge is -2.12. The number of likely N-dealkylation sites (N-methyl/N-ethyl adjacent to an activating group) is 1. The van der Waals surface area contributed by atoms with Gasteiger partial charge in [0.15, 0.2) is 0 Å². The van der Waals surface area contributed by atoms with Gasteiger partial charge < -0.3 is 5.32 Å². The Bertz CT molecular complexity index is 462. The summed E-state index contributed by atoms with van der Waals surface area (Å²) in [5.74, 6) is 0. The molecule has 84 valence electrons. The second kappa shape index (κ2) is 5.13. The zero-order valence-electron chi connectivity index (χ0n) is 10.0. The highest BCUT2D eigenvalue weighted by molar-refractivity contribution is 5.82. The monoisotopic (exact) mass is 213 g/mol. The van der Waals surface area contributed by atoms with Crippen molar-refractivity contribution < 1.29 is 0 Å². The van der Waals surface area contributed by atoms with Crippen molar-refractivity contribution in [3.63, 3.8) is 0 Å². The van der Waals surface area contributed by atoms with E-state index in [2.05, 4.69) is 61.6 Å². The van der Waals surface area contributed by atoms with Crippen LogP contribution in [0.2, 0.25) is 0 Å². The van der Waals surface area contributed by atoms with Gasteiger partial charge in [-0.05, 0) is 36.2 Å². The lowest BCUT2D eigenvalue weighted by molar-refractivity contribution is 0.565. The van der Waals surface area contributed by atoms with Crippen LogP contribution in [0.3, 0.4) is 0 Å². The Kier molecular flexibility index (Phi) is 3.58. The van der Waals surface area contributed by atoms with Crippen LogP contribution in [0.15, 0.2) is 42.5 Å². The maximum atomic E-state index is 3.44. The van der Waals surface area contributed by atoms with Crippen molar-refractivity contribution in [2.45, 2.75) is 26.3 Å². The molecule has 2 aromatic rings. The zero-order valence-corrected chi connectivity index (χ0v) is 10.0. The van der Waals surface area contributed by atoms with E-state index in [0.717, 1.165) is 13.0 Å². The molecule has 0 aliphatic carbocycles. The second-order valence-corrected chi connectivity index (χ2v) is 4.34. The van der Waals surface area contributed by atoms with Gasteiger partial charge in [-0.25, -0.2) is 0 Å². The molecule has 0 aliphatic rings. The first kappa shape index (κ1) is 11.2. The topological polar surface area (TPSA) is 12.0 Å². The van der Waals surface area contributed by atoms with Crippen molar-refractivity contribution in [3.05, 3.63) is 48.0 Å². The molecule has 16 heavy (non-hydrogen) atoms. The first-order valence-corrected chi connectivity index (χ1v) is 6.00. The van der Waals surface area contributed by atoms with Gasteiger partial charge in [-0.3, -0.25) is 0 Å². The van der Waals surface area contributed by atoms with E-state index in [1.807, 2.05) is 0 Å². The Hall–Kier alpha value is -1.34. The average molecular weight is 213 g/mol. The Morgan fingerprint density at radius 2 is 1.81 bits per heavy atom. The largest absolute Gasteiger partial charge is 0.314 e. The van der Waals surface area contributed by atoms with Crippen LogP contribution in [-0.4, -0.2) is 12.6 Å². The normalized spacial score (nSPS) is 12.9. The number of nitrogens with one attached hydrogen (secondary N) is 1. The van der Waals surface area contributed by atoms with E-state index in [1.165, 1.54) is 16.3 Å². The molecule has 0 bridgehead atoms. The lowest BCUT2D eigenvalue weighted by atomic mass is 10.0. The van der Waals surface area contributed by atoms with E-state index in [4.69, 9.17) is 0 Å². The molecule has 0 heterocycles. The van der Waals surface area contributed by atoms with E-state index in [0.29, 0.717) is 6.04 Å². The maximum Gasteiger partial charge on any atom is 0.00790 e. The number of fused-ring (bicyclic) bond motifs is 1. The van der Waals surface area contributed by atoms with E-state index in [9.17, 15) is 0 Å². The van der Waals surface area contributed by atoms with Gasteiger partial charge in [0.05, 0.1) is 0 Å². The fourth-order valence-electron chi connectivity index (χ4n) is 2.14. The van der Waals surface area contributed by atoms with Crippen molar-refractivity contribution in [1.29, 1.82) is 0 Å². The molecule has 1 unspecified atom stereocenters. The van der Waals surface area contributed by atoms with Crippen molar-refractivity contribution in [1.82, 2.24) is 5.32 Å². The third-order valence-corrected chi connectivity index (χ3v) is 2.91. The van der Waals surface area contributed by atoms with E-state index in [-0.39, 0.29) is 0 Å². The zero-order chi connectivity index (χ0) is 11.4. The highest BCUT2D eigenvalue weighted by atomic mass is 14.9. The first-order valence-electron chi connectivity index (χ1n) is 6.00. The lowest BCUT2D eigenvalue weighted by Crippen LogP contribution is -2.27. The summed E-state index contributed by atoms with van der Waals surface area (Å²) in [6.45, 7) is 5.42. The van der Waals surface area contributed by atoms with Gasteiger partial charge in [-0.1, -0.05) is 49.4 Å². The predicted molar refractivity (Wildman–Crippen MR) is 70.8 cm³/mol. The quantitative estimate of drug-likeness (QED) is 0.821. The van der Waals surface area contributed by atoms with Crippen LogP contribution in [0.1, 0.15) is 19.4 Å². The van der Waals surface area contributed by atoms with Gasteiger partial charge in [0.2, 0.25) is 0 Å². The Morgan fingerprint density at radius 1 is 1.06 bits per heavy atom.